The molecule has 1 aliphatic heterocycles. The van der Waals surface area contributed by atoms with Crippen molar-refractivity contribution in [1.82, 2.24) is 15.4 Å². The fourth-order valence-electron chi connectivity index (χ4n) is 3.83. The molecule has 5 heteroatoms. The number of aliphatic imine (C=N–C) groups is 1. The van der Waals surface area contributed by atoms with E-state index in [0.717, 1.165) is 48.9 Å². The number of rotatable bonds is 4. The lowest BCUT2D eigenvalue weighted by Crippen LogP contribution is -2.40. The van der Waals surface area contributed by atoms with Gasteiger partial charge in [-0.15, -0.1) is 0 Å². The molecule has 0 aromatic carbocycles. The Bertz CT molecular complexity index is 523. The minimum Gasteiger partial charge on any atom is -0.359 e. The van der Waals surface area contributed by atoms with E-state index in [4.69, 9.17) is 9.52 Å². The Morgan fingerprint density at radius 1 is 1.35 bits per heavy atom. The van der Waals surface area contributed by atoms with Gasteiger partial charge in [0, 0.05) is 25.7 Å². The van der Waals surface area contributed by atoms with E-state index in [1.54, 1.807) is 0 Å². The summed E-state index contributed by atoms with van der Waals surface area (Å²) in [5, 5.41) is 7.57. The molecule has 128 valence electrons. The fraction of sp³-hybridized carbons (Fsp3) is 0.778. The molecule has 2 aliphatic rings. The first-order valence-corrected chi connectivity index (χ1v) is 9.16. The summed E-state index contributed by atoms with van der Waals surface area (Å²) in [6.07, 6.45) is 5.58. The van der Waals surface area contributed by atoms with Crippen LogP contribution < -0.4 is 5.32 Å². The summed E-state index contributed by atoms with van der Waals surface area (Å²) in [5.41, 5.74) is 1.01. The summed E-state index contributed by atoms with van der Waals surface area (Å²) in [6.45, 7) is 10.2. The zero-order valence-corrected chi connectivity index (χ0v) is 14.7. The average molecular weight is 318 g/mol. The summed E-state index contributed by atoms with van der Waals surface area (Å²) >= 11 is 0. The molecule has 0 radical (unpaired) electrons. The number of hydrogen-bond donors (Lipinski definition) is 1. The van der Waals surface area contributed by atoms with Crippen molar-refractivity contribution >= 4 is 5.96 Å². The topological polar surface area (TPSA) is 53.7 Å². The lowest BCUT2D eigenvalue weighted by molar-refractivity contribution is 0.299. The Morgan fingerprint density at radius 3 is 2.61 bits per heavy atom. The molecule has 1 aliphatic carbocycles. The zero-order chi connectivity index (χ0) is 16.2. The maximum absolute atomic E-state index is 5.41. The van der Waals surface area contributed by atoms with Crippen LogP contribution in [-0.2, 0) is 6.54 Å². The third-order valence-corrected chi connectivity index (χ3v) is 5.16. The number of nitrogens with one attached hydrogen (secondary N) is 1. The third-order valence-electron chi connectivity index (χ3n) is 5.16. The molecule has 5 nitrogen and oxygen atoms in total. The molecule has 2 atom stereocenters. The van der Waals surface area contributed by atoms with Gasteiger partial charge in [-0.25, -0.2) is 4.99 Å². The molecule has 23 heavy (non-hydrogen) atoms. The van der Waals surface area contributed by atoms with Gasteiger partial charge in [0.25, 0.3) is 0 Å². The van der Waals surface area contributed by atoms with E-state index >= 15 is 0 Å². The summed E-state index contributed by atoms with van der Waals surface area (Å²) in [4.78, 5) is 7.24. The fourth-order valence-corrected chi connectivity index (χ4v) is 3.83. The molecule has 1 aromatic rings. The highest BCUT2D eigenvalue weighted by molar-refractivity contribution is 5.80. The normalized spacial score (nSPS) is 25.0. The van der Waals surface area contributed by atoms with Crippen molar-refractivity contribution in [3.63, 3.8) is 0 Å². The van der Waals surface area contributed by atoms with Crippen molar-refractivity contribution in [1.29, 1.82) is 0 Å². The van der Waals surface area contributed by atoms with Crippen LogP contribution in [0.25, 0.3) is 0 Å². The smallest absolute Gasteiger partial charge is 0.194 e. The van der Waals surface area contributed by atoms with Gasteiger partial charge in [-0.2, -0.15) is 0 Å². The molecule has 0 amide bonds. The van der Waals surface area contributed by atoms with E-state index < -0.39 is 0 Å². The second-order valence-electron chi connectivity index (χ2n) is 7.25. The van der Waals surface area contributed by atoms with Gasteiger partial charge in [0.15, 0.2) is 11.7 Å². The van der Waals surface area contributed by atoms with Gasteiger partial charge in [-0.1, -0.05) is 31.8 Å². The first-order valence-electron chi connectivity index (χ1n) is 9.16. The SMILES string of the molecule is CCNC(=NCc1cc(C(C)C)no1)N1CC2CCCCC2C1. The van der Waals surface area contributed by atoms with Gasteiger partial charge >= 0.3 is 0 Å². The van der Waals surface area contributed by atoms with Crippen molar-refractivity contribution in [2.75, 3.05) is 19.6 Å². The maximum Gasteiger partial charge on any atom is 0.194 e. The molecule has 0 bridgehead atoms. The van der Waals surface area contributed by atoms with E-state index in [-0.39, 0.29) is 0 Å². The first-order chi connectivity index (χ1) is 11.2. The largest absolute Gasteiger partial charge is 0.359 e. The third kappa shape index (κ3) is 3.88. The minimum absolute atomic E-state index is 0.395. The molecule has 2 fully saturated rings. The quantitative estimate of drug-likeness (QED) is 0.683. The number of fused-ring (bicyclic) bond motifs is 1. The molecule has 1 saturated carbocycles. The second kappa shape index (κ2) is 7.37. The molecular formula is C18H30N4O. The number of guanidine groups is 1. The Kier molecular flexibility index (Phi) is 5.23. The van der Waals surface area contributed by atoms with Crippen LogP contribution in [0.3, 0.4) is 0 Å². The first kappa shape index (κ1) is 16.3. The highest BCUT2D eigenvalue weighted by Gasteiger charge is 2.35. The monoisotopic (exact) mass is 318 g/mol. The molecule has 3 rings (SSSR count). The van der Waals surface area contributed by atoms with Crippen molar-refractivity contribution in [2.45, 2.75) is 58.9 Å². The predicted molar refractivity (Wildman–Crippen MR) is 92.4 cm³/mol. The van der Waals surface area contributed by atoms with Crippen LogP contribution in [0, 0.1) is 11.8 Å². The molecule has 1 saturated heterocycles. The lowest BCUT2D eigenvalue weighted by atomic mass is 9.82. The lowest BCUT2D eigenvalue weighted by Gasteiger charge is -2.22. The number of hydrogen-bond acceptors (Lipinski definition) is 3. The van der Waals surface area contributed by atoms with Crippen LogP contribution in [0.5, 0.6) is 0 Å². The number of likely N-dealkylation sites (tertiary alicyclic amines) is 1. The van der Waals surface area contributed by atoms with E-state index in [2.05, 4.69) is 36.1 Å². The number of aromatic nitrogens is 1. The van der Waals surface area contributed by atoms with Crippen LogP contribution >= 0.6 is 0 Å². The van der Waals surface area contributed by atoms with E-state index in [0.29, 0.717) is 12.5 Å². The van der Waals surface area contributed by atoms with Crippen molar-refractivity contribution in [3.05, 3.63) is 17.5 Å². The number of nitrogens with zero attached hydrogens (tertiary/aromatic N) is 3. The molecule has 1 N–H and O–H groups in total. The maximum atomic E-state index is 5.41. The summed E-state index contributed by atoms with van der Waals surface area (Å²) in [5.74, 6) is 4.01. The Labute approximate surface area is 139 Å². The molecule has 2 unspecified atom stereocenters. The van der Waals surface area contributed by atoms with Crippen LogP contribution in [0.15, 0.2) is 15.6 Å². The van der Waals surface area contributed by atoms with Gasteiger partial charge in [0.2, 0.25) is 0 Å². The Morgan fingerprint density at radius 2 is 2.04 bits per heavy atom. The molecular weight excluding hydrogens is 288 g/mol. The van der Waals surface area contributed by atoms with Gasteiger partial charge in [0.05, 0.1) is 5.69 Å². The van der Waals surface area contributed by atoms with Crippen molar-refractivity contribution < 1.29 is 4.52 Å². The Hall–Kier alpha value is -1.52. The highest BCUT2D eigenvalue weighted by Crippen LogP contribution is 2.36. The van der Waals surface area contributed by atoms with Crippen LogP contribution in [0.2, 0.25) is 0 Å². The Balaban J connectivity index is 1.65. The van der Waals surface area contributed by atoms with Crippen LogP contribution in [-0.4, -0.2) is 35.7 Å². The standard InChI is InChI=1S/C18H30N4O/c1-4-19-18(20-10-16-9-17(13(2)3)21-23-16)22-11-14-7-5-6-8-15(14)12-22/h9,13-15H,4-8,10-12H2,1-3H3,(H,19,20). The van der Waals surface area contributed by atoms with E-state index in [1.165, 1.54) is 25.7 Å². The van der Waals surface area contributed by atoms with E-state index in [1.807, 2.05) is 6.07 Å². The second-order valence-corrected chi connectivity index (χ2v) is 7.25. The van der Waals surface area contributed by atoms with Gasteiger partial charge in [-0.05, 0) is 37.5 Å². The van der Waals surface area contributed by atoms with Crippen LogP contribution in [0.1, 0.15) is 63.8 Å². The van der Waals surface area contributed by atoms with Crippen molar-refractivity contribution in [2.24, 2.45) is 16.8 Å². The molecule has 1 aromatic heterocycles. The minimum atomic E-state index is 0.395. The summed E-state index contributed by atoms with van der Waals surface area (Å²) in [6, 6.07) is 2.03. The van der Waals surface area contributed by atoms with Gasteiger partial charge in [-0.3, -0.25) is 0 Å². The average Bonchev–Trinajstić information content (AvgIpc) is 3.17. The van der Waals surface area contributed by atoms with Gasteiger partial charge < -0.3 is 14.7 Å². The van der Waals surface area contributed by atoms with Crippen molar-refractivity contribution in [3.8, 4) is 0 Å². The molecule has 2 heterocycles. The summed E-state index contributed by atoms with van der Waals surface area (Å²) < 4.78 is 5.41. The highest BCUT2D eigenvalue weighted by atomic mass is 16.5. The van der Waals surface area contributed by atoms with E-state index in [9.17, 15) is 0 Å². The van der Waals surface area contributed by atoms with Gasteiger partial charge in [0.1, 0.15) is 6.54 Å². The zero-order valence-electron chi connectivity index (χ0n) is 14.7. The predicted octanol–water partition coefficient (Wildman–Crippen LogP) is 3.39. The molecule has 0 spiro atoms. The van der Waals surface area contributed by atoms with Crippen LogP contribution in [0.4, 0.5) is 0 Å². The summed E-state index contributed by atoms with van der Waals surface area (Å²) in [7, 11) is 0.